The zero-order valence-corrected chi connectivity index (χ0v) is 29.9. The molecular formula is C38H37Cl2FN8O2. The molecule has 3 saturated heterocycles. The Kier molecular flexibility index (Phi) is 8.07. The Labute approximate surface area is 304 Å². The molecule has 3 aliphatic heterocycles. The summed E-state index contributed by atoms with van der Waals surface area (Å²) in [6, 6.07) is 11.8. The number of aromatic nitrogens is 5. The summed E-state index contributed by atoms with van der Waals surface area (Å²) in [5, 5.41) is 23.5. The topological polar surface area (TPSA) is 114 Å². The third-order valence-electron chi connectivity index (χ3n) is 11.5. The van der Waals surface area contributed by atoms with Crippen LogP contribution in [0.3, 0.4) is 0 Å². The second-order valence-corrected chi connectivity index (χ2v) is 15.4. The molecule has 10 rings (SSSR count). The molecule has 5 fully saturated rings. The molecule has 2 aromatic carbocycles. The van der Waals surface area contributed by atoms with Gasteiger partial charge in [0.1, 0.15) is 5.52 Å². The highest BCUT2D eigenvalue weighted by atomic mass is 35.5. The van der Waals surface area contributed by atoms with Crippen LogP contribution in [0.25, 0.3) is 32.9 Å². The van der Waals surface area contributed by atoms with E-state index in [1.165, 1.54) is 0 Å². The van der Waals surface area contributed by atoms with Crippen molar-refractivity contribution in [3.8, 4) is 17.2 Å². The molecule has 0 unspecified atom stereocenters. The summed E-state index contributed by atoms with van der Waals surface area (Å²) < 4.78 is 27.7. The van der Waals surface area contributed by atoms with Crippen molar-refractivity contribution in [1.29, 1.82) is 5.26 Å². The predicted octanol–water partition coefficient (Wildman–Crippen LogP) is 7.00. The van der Waals surface area contributed by atoms with Crippen molar-refractivity contribution in [2.45, 2.75) is 76.3 Å². The van der Waals surface area contributed by atoms with Gasteiger partial charge in [0.25, 0.3) is 0 Å². The molecule has 2 aliphatic carbocycles. The van der Waals surface area contributed by atoms with Crippen LogP contribution in [0.1, 0.15) is 66.8 Å². The number of amides is 1. The fourth-order valence-electron chi connectivity index (χ4n) is 8.75. The summed E-state index contributed by atoms with van der Waals surface area (Å²) >= 11 is 13.1. The molecule has 13 heteroatoms. The molecule has 0 radical (unpaired) electrons. The van der Waals surface area contributed by atoms with Crippen molar-refractivity contribution in [2.75, 3.05) is 13.1 Å². The second kappa shape index (κ2) is 12.6. The molecule has 3 aromatic heterocycles. The molecule has 1 amide bonds. The lowest BCUT2D eigenvalue weighted by atomic mass is 9.79. The van der Waals surface area contributed by atoms with Crippen LogP contribution >= 0.6 is 23.2 Å². The van der Waals surface area contributed by atoms with Crippen molar-refractivity contribution >= 4 is 50.9 Å². The summed E-state index contributed by atoms with van der Waals surface area (Å²) in [7, 11) is 1.84. The van der Waals surface area contributed by atoms with Gasteiger partial charge in [-0.25, -0.2) is 9.37 Å². The number of nitriles is 1. The minimum Gasteiger partial charge on any atom is -0.370 e. The first kappa shape index (κ1) is 32.8. The predicted molar refractivity (Wildman–Crippen MR) is 192 cm³/mol. The Morgan fingerprint density at radius 1 is 1.20 bits per heavy atom. The first-order chi connectivity index (χ1) is 24.7. The van der Waals surface area contributed by atoms with Crippen molar-refractivity contribution in [3.63, 3.8) is 0 Å². The van der Waals surface area contributed by atoms with Crippen molar-refractivity contribution in [1.82, 2.24) is 34.8 Å². The highest BCUT2D eigenvalue weighted by Crippen LogP contribution is 2.51. The van der Waals surface area contributed by atoms with E-state index in [4.69, 9.17) is 32.9 Å². The van der Waals surface area contributed by atoms with Gasteiger partial charge in [-0.15, -0.1) is 5.10 Å². The Morgan fingerprint density at radius 2 is 2.04 bits per heavy atom. The van der Waals surface area contributed by atoms with Gasteiger partial charge in [-0.1, -0.05) is 40.5 Å². The molecule has 2 bridgehead atoms. The molecule has 2 saturated carbocycles. The largest absolute Gasteiger partial charge is 0.370 e. The number of likely N-dealkylation sites (tertiary alicyclic amines) is 1. The fraction of sp³-hybridized carbons (Fsp3) is 0.447. The van der Waals surface area contributed by atoms with Gasteiger partial charge in [-0.3, -0.25) is 9.48 Å². The number of carbonyl (C=O) groups is 1. The van der Waals surface area contributed by atoms with Gasteiger partial charge in [0.2, 0.25) is 5.91 Å². The maximum absolute atomic E-state index is 17.2. The monoisotopic (exact) mass is 726 g/mol. The minimum atomic E-state index is -0.483. The molecule has 5 atom stereocenters. The smallest absolute Gasteiger partial charge is 0.226 e. The SMILES string of the molecule is Cc1nc2c(F)c(-c3cccc(Cl)c3Cl)c(CCC#N)cc2c2c1cc([C@H]1C[C@H](OCc3cnnn3C)CN1C(=O)C1CC1)n2[C@H]1[C@H]2CN[C@@H]1C2. The Morgan fingerprint density at radius 3 is 2.75 bits per heavy atom. The normalized spacial score (nSPS) is 24.1. The number of carbonyl (C=O) groups excluding carboxylic acids is 1. The number of fused-ring (bicyclic) bond motifs is 4. The van der Waals surface area contributed by atoms with Gasteiger partial charge >= 0.3 is 0 Å². The average Bonchev–Trinajstić information content (AvgIpc) is 3.55. The van der Waals surface area contributed by atoms with Crippen molar-refractivity contribution in [3.05, 3.63) is 75.0 Å². The molecular weight excluding hydrogens is 690 g/mol. The minimum absolute atomic E-state index is 0.0460. The fourth-order valence-corrected chi connectivity index (χ4v) is 9.15. The molecule has 0 spiro atoms. The standard InChI is InChI=1S/C38H37Cl2FN8O2/c1-19-26-14-31(30-13-24(17-48(30)38(50)20-8-9-20)51-18-23-16-44-46-47(23)2)49(36-22-12-29(36)43-15-22)37(26)27-11-21(5-4-10-42)32(34(41)35(27)45-19)25-6-3-7-28(39)33(25)40/h3,6-7,11,14,16,20,22,24,29-30,36,43H,4-5,8-9,12-13,15,17-18H2,1-2H3/t22-,24+,29-,30-,36+/m1/s1. The first-order valence-electron chi connectivity index (χ1n) is 17.7. The van der Waals surface area contributed by atoms with E-state index in [2.05, 4.69) is 32.3 Å². The second-order valence-electron chi connectivity index (χ2n) is 14.6. The number of hydrogen-bond acceptors (Lipinski definition) is 7. The third-order valence-corrected chi connectivity index (χ3v) is 12.3. The number of ether oxygens (including phenoxy) is 1. The van der Waals surface area contributed by atoms with E-state index in [9.17, 15) is 10.1 Å². The zero-order valence-electron chi connectivity index (χ0n) is 28.4. The summed E-state index contributed by atoms with van der Waals surface area (Å²) in [6.07, 6.45) is 5.59. The van der Waals surface area contributed by atoms with E-state index in [0.717, 1.165) is 48.1 Å². The summed E-state index contributed by atoms with van der Waals surface area (Å²) in [6.45, 7) is 3.68. The lowest BCUT2D eigenvalue weighted by molar-refractivity contribution is -0.134. The van der Waals surface area contributed by atoms with E-state index in [1.807, 2.05) is 24.9 Å². The van der Waals surface area contributed by atoms with Crippen LogP contribution in [0.2, 0.25) is 10.0 Å². The van der Waals surface area contributed by atoms with Gasteiger partial charge in [-0.2, -0.15) is 5.26 Å². The van der Waals surface area contributed by atoms with Crippen LogP contribution < -0.4 is 5.32 Å². The Hall–Kier alpha value is -4.08. The lowest BCUT2D eigenvalue weighted by Crippen LogP contribution is -2.41. The van der Waals surface area contributed by atoms with Crippen molar-refractivity contribution in [2.24, 2.45) is 18.9 Å². The van der Waals surface area contributed by atoms with E-state index in [1.54, 1.807) is 29.1 Å². The van der Waals surface area contributed by atoms with Gasteiger partial charge in [0.15, 0.2) is 5.82 Å². The molecule has 10 nitrogen and oxygen atoms in total. The van der Waals surface area contributed by atoms with Crippen LogP contribution in [0, 0.1) is 35.9 Å². The van der Waals surface area contributed by atoms with E-state index >= 15 is 4.39 Å². The number of benzene rings is 2. The molecule has 6 heterocycles. The highest BCUT2D eigenvalue weighted by molar-refractivity contribution is 6.43. The summed E-state index contributed by atoms with van der Waals surface area (Å²) in [5.74, 6) is 0.152. The van der Waals surface area contributed by atoms with E-state index in [-0.39, 0.29) is 53.0 Å². The summed E-state index contributed by atoms with van der Waals surface area (Å²) in [5.41, 5.74) is 5.24. The van der Waals surface area contributed by atoms with E-state index < -0.39 is 5.82 Å². The quantitative estimate of drug-likeness (QED) is 0.174. The number of nitrogens with one attached hydrogen (secondary N) is 1. The maximum atomic E-state index is 17.2. The van der Waals surface area contributed by atoms with Crippen LogP contribution in [-0.4, -0.2) is 60.6 Å². The number of aryl methyl sites for hydroxylation is 3. The van der Waals surface area contributed by atoms with Gasteiger partial charge in [0.05, 0.1) is 58.3 Å². The van der Waals surface area contributed by atoms with Gasteiger partial charge in [0, 0.05) is 78.2 Å². The first-order valence-corrected chi connectivity index (χ1v) is 18.5. The highest BCUT2D eigenvalue weighted by Gasteiger charge is 2.51. The Balaban J connectivity index is 1.24. The Bertz CT molecular complexity index is 2260. The van der Waals surface area contributed by atoms with Gasteiger partial charge in [-0.05, 0) is 62.3 Å². The molecule has 5 aromatic rings. The maximum Gasteiger partial charge on any atom is 0.226 e. The number of nitrogens with zero attached hydrogens (tertiary/aromatic N) is 7. The molecule has 5 aliphatic rings. The van der Waals surface area contributed by atoms with Crippen LogP contribution in [0.15, 0.2) is 36.5 Å². The average molecular weight is 728 g/mol. The summed E-state index contributed by atoms with van der Waals surface area (Å²) in [4.78, 5) is 20.9. The zero-order chi connectivity index (χ0) is 35.1. The number of pyridine rings is 1. The number of hydrogen-bond donors (Lipinski definition) is 1. The van der Waals surface area contributed by atoms with Gasteiger partial charge < -0.3 is 19.5 Å². The van der Waals surface area contributed by atoms with Crippen LogP contribution in [0.4, 0.5) is 4.39 Å². The van der Waals surface area contributed by atoms with Crippen LogP contribution in [0.5, 0.6) is 0 Å². The van der Waals surface area contributed by atoms with E-state index in [0.29, 0.717) is 64.7 Å². The number of rotatable bonds is 9. The third kappa shape index (κ3) is 5.33. The lowest BCUT2D eigenvalue weighted by Gasteiger charge is -2.39. The molecule has 1 N–H and O–H groups in total. The molecule has 262 valence electrons. The van der Waals surface area contributed by atoms with Crippen molar-refractivity contribution < 1.29 is 13.9 Å². The van der Waals surface area contributed by atoms with Crippen LogP contribution in [-0.2, 0) is 29.6 Å². The molecule has 51 heavy (non-hydrogen) atoms. The number of halogens is 3.